The Kier molecular flexibility index (Phi) is 3.48. The van der Waals surface area contributed by atoms with Crippen molar-refractivity contribution in [2.75, 3.05) is 19.6 Å². The maximum atomic E-state index is 12.6. The fourth-order valence-electron chi connectivity index (χ4n) is 3.21. The van der Waals surface area contributed by atoms with Gasteiger partial charge in [0.1, 0.15) is 0 Å². The number of hydrogen-bond acceptors (Lipinski definition) is 2. The fourth-order valence-corrected chi connectivity index (χ4v) is 3.21. The van der Waals surface area contributed by atoms with Crippen LogP contribution in [0.15, 0.2) is 0 Å². The number of nitrogens with two attached hydrogens (primary N) is 1. The van der Waals surface area contributed by atoms with Crippen LogP contribution in [0.2, 0.25) is 0 Å². The molecule has 1 heterocycles. The molecule has 0 aromatic heterocycles. The lowest BCUT2D eigenvalue weighted by atomic mass is 9.80. The molecule has 1 aliphatic heterocycles. The molecule has 0 spiro atoms. The van der Waals surface area contributed by atoms with E-state index in [1.54, 1.807) is 0 Å². The summed E-state index contributed by atoms with van der Waals surface area (Å²) in [6.45, 7) is 6.97. The van der Waals surface area contributed by atoms with Crippen molar-refractivity contribution in [1.29, 1.82) is 0 Å². The third-order valence-electron chi connectivity index (χ3n) is 4.81. The molecule has 2 aliphatic rings. The van der Waals surface area contributed by atoms with Gasteiger partial charge in [0.25, 0.3) is 0 Å². The van der Waals surface area contributed by atoms with Gasteiger partial charge in [0.2, 0.25) is 5.91 Å². The van der Waals surface area contributed by atoms with Crippen molar-refractivity contribution in [3.05, 3.63) is 0 Å². The third-order valence-corrected chi connectivity index (χ3v) is 4.81. The minimum atomic E-state index is -0.207. The first kappa shape index (κ1) is 12.9. The van der Waals surface area contributed by atoms with E-state index >= 15 is 0 Å². The van der Waals surface area contributed by atoms with E-state index in [1.165, 1.54) is 12.8 Å². The molecule has 2 fully saturated rings. The van der Waals surface area contributed by atoms with Crippen LogP contribution in [0.3, 0.4) is 0 Å². The Balaban J connectivity index is 2.01. The number of likely N-dealkylation sites (tertiary alicyclic amines) is 1. The molecule has 0 bridgehead atoms. The predicted molar refractivity (Wildman–Crippen MR) is 69.6 cm³/mol. The van der Waals surface area contributed by atoms with Gasteiger partial charge in [-0.1, -0.05) is 26.7 Å². The number of piperidine rings is 1. The number of rotatable bonds is 2. The summed E-state index contributed by atoms with van der Waals surface area (Å²) >= 11 is 0. The molecule has 3 nitrogen and oxygen atoms in total. The van der Waals surface area contributed by atoms with Crippen LogP contribution in [0.4, 0.5) is 0 Å². The highest BCUT2D eigenvalue weighted by Gasteiger charge is 2.43. The second kappa shape index (κ2) is 4.60. The van der Waals surface area contributed by atoms with Gasteiger partial charge in [0.15, 0.2) is 0 Å². The minimum absolute atomic E-state index is 0.207. The maximum absolute atomic E-state index is 12.6. The number of nitrogens with zero attached hydrogens (tertiary/aromatic N) is 1. The monoisotopic (exact) mass is 238 g/mol. The lowest BCUT2D eigenvalue weighted by Gasteiger charge is -2.41. The zero-order valence-corrected chi connectivity index (χ0v) is 11.3. The average Bonchev–Trinajstić information content (AvgIpc) is 2.78. The van der Waals surface area contributed by atoms with Crippen molar-refractivity contribution in [3.8, 4) is 0 Å². The van der Waals surface area contributed by atoms with Gasteiger partial charge in [-0.05, 0) is 31.1 Å². The summed E-state index contributed by atoms with van der Waals surface area (Å²) in [5, 5.41) is 0. The van der Waals surface area contributed by atoms with E-state index in [9.17, 15) is 4.79 Å². The Morgan fingerprint density at radius 1 is 1.12 bits per heavy atom. The summed E-state index contributed by atoms with van der Waals surface area (Å²) in [7, 11) is 0. The minimum Gasteiger partial charge on any atom is -0.342 e. The van der Waals surface area contributed by atoms with Gasteiger partial charge in [0, 0.05) is 19.6 Å². The molecule has 1 aliphatic carbocycles. The molecular weight excluding hydrogens is 212 g/mol. The van der Waals surface area contributed by atoms with E-state index in [1.807, 2.05) is 0 Å². The maximum Gasteiger partial charge on any atom is 0.230 e. The normalized spacial score (nSPS) is 27.1. The van der Waals surface area contributed by atoms with Crippen molar-refractivity contribution in [2.24, 2.45) is 16.6 Å². The number of hydrogen-bond donors (Lipinski definition) is 1. The standard InChI is InChI=1S/C14H26N2O/c1-13(2)7-9-16(10-8-13)12(17)14(11-15)5-3-4-6-14/h3-11,15H2,1-2H3. The third kappa shape index (κ3) is 2.49. The van der Waals surface area contributed by atoms with Crippen molar-refractivity contribution < 1.29 is 4.79 Å². The molecule has 1 amide bonds. The molecule has 17 heavy (non-hydrogen) atoms. The van der Waals surface area contributed by atoms with Gasteiger partial charge in [0.05, 0.1) is 5.41 Å². The summed E-state index contributed by atoms with van der Waals surface area (Å²) in [5.41, 5.74) is 6.08. The van der Waals surface area contributed by atoms with Crippen molar-refractivity contribution >= 4 is 5.91 Å². The highest BCUT2D eigenvalue weighted by Crippen LogP contribution is 2.40. The Morgan fingerprint density at radius 2 is 1.65 bits per heavy atom. The van der Waals surface area contributed by atoms with E-state index in [-0.39, 0.29) is 5.41 Å². The Bertz CT molecular complexity index is 283. The molecular formula is C14H26N2O. The molecule has 2 rings (SSSR count). The molecule has 3 heteroatoms. The van der Waals surface area contributed by atoms with E-state index in [2.05, 4.69) is 18.7 Å². The van der Waals surface area contributed by atoms with Crippen molar-refractivity contribution in [2.45, 2.75) is 52.4 Å². The van der Waals surface area contributed by atoms with E-state index in [0.717, 1.165) is 38.8 Å². The summed E-state index contributed by atoms with van der Waals surface area (Å²) in [5.74, 6) is 0.341. The van der Waals surface area contributed by atoms with Crippen LogP contribution in [-0.4, -0.2) is 30.4 Å². The second-order valence-electron chi connectivity index (χ2n) is 6.65. The lowest BCUT2D eigenvalue weighted by molar-refractivity contribution is -0.143. The number of amides is 1. The number of carbonyl (C=O) groups excluding carboxylic acids is 1. The van der Waals surface area contributed by atoms with Gasteiger partial charge in [-0.25, -0.2) is 0 Å². The Morgan fingerprint density at radius 3 is 2.12 bits per heavy atom. The van der Waals surface area contributed by atoms with Gasteiger partial charge in [-0.15, -0.1) is 0 Å². The highest BCUT2D eigenvalue weighted by molar-refractivity contribution is 5.83. The zero-order chi connectivity index (χ0) is 12.5. The first-order valence-electron chi connectivity index (χ1n) is 6.99. The first-order chi connectivity index (χ1) is 7.99. The Hall–Kier alpha value is -0.570. The quantitative estimate of drug-likeness (QED) is 0.801. The van der Waals surface area contributed by atoms with E-state index in [0.29, 0.717) is 17.9 Å². The molecule has 0 radical (unpaired) electrons. The fraction of sp³-hybridized carbons (Fsp3) is 0.929. The smallest absolute Gasteiger partial charge is 0.230 e. The van der Waals surface area contributed by atoms with Crippen LogP contribution < -0.4 is 5.73 Å². The van der Waals surface area contributed by atoms with Crippen LogP contribution in [0, 0.1) is 10.8 Å². The molecule has 0 aromatic carbocycles. The summed E-state index contributed by atoms with van der Waals surface area (Å²) in [6, 6.07) is 0. The van der Waals surface area contributed by atoms with Crippen LogP contribution in [0.1, 0.15) is 52.4 Å². The van der Waals surface area contributed by atoms with Gasteiger partial charge >= 0.3 is 0 Å². The predicted octanol–water partition coefficient (Wildman–Crippen LogP) is 2.15. The van der Waals surface area contributed by atoms with Gasteiger partial charge < -0.3 is 10.6 Å². The molecule has 1 saturated heterocycles. The lowest BCUT2D eigenvalue weighted by Crippen LogP contribution is -2.50. The summed E-state index contributed by atoms with van der Waals surface area (Å²) in [6.07, 6.45) is 6.59. The molecule has 0 atom stereocenters. The molecule has 0 aromatic rings. The second-order valence-corrected chi connectivity index (χ2v) is 6.65. The van der Waals surface area contributed by atoms with E-state index in [4.69, 9.17) is 5.73 Å². The SMILES string of the molecule is CC1(C)CCN(C(=O)C2(CN)CCCC2)CC1. The van der Waals surface area contributed by atoms with E-state index < -0.39 is 0 Å². The van der Waals surface area contributed by atoms with Crippen LogP contribution in [0.5, 0.6) is 0 Å². The van der Waals surface area contributed by atoms with Crippen molar-refractivity contribution in [3.63, 3.8) is 0 Å². The largest absolute Gasteiger partial charge is 0.342 e. The summed E-state index contributed by atoms with van der Waals surface area (Å²) in [4.78, 5) is 14.7. The first-order valence-corrected chi connectivity index (χ1v) is 6.99. The highest BCUT2D eigenvalue weighted by atomic mass is 16.2. The molecule has 0 unspecified atom stereocenters. The van der Waals surface area contributed by atoms with Crippen molar-refractivity contribution in [1.82, 2.24) is 4.90 Å². The van der Waals surface area contributed by atoms with Gasteiger partial charge in [-0.2, -0.15) is 0 Å². The Labute approximate surface area is 105 Å². The molecule has 1 saturated carbocycles. The van der Waals surface area contributed by atoms with Gasteiger partial charge in [-0.3, -0.25) is 4.79 Å². The molecule has 98 valence electrons. The topological polar surface area (TPSA) is 46.3 Å². The van der Waals surface area contributed by atoms with Crippen LogP contribution in [-0.2, 0) is 4.79 Å². The molecule has 2 N–H and O–H groups in total. The zero-order valence-electron chi connectivity index (χ0n) is 11.3. The van der Waals surface area contributed by atoms with Crippen LogP contribution in [0.25, 0.3) is 0 Å². The van der Waals surface area contributed by atoms with Crippen LogP contribution >= 0.6 is 0 Å². The average molecular weight is 238 g/mol. The summed E-state index contributed by atoms with van der Waals surface area (Å²) < 4.78 is 0. The number of carbonyl (C=O) groups is 1.